The van der Waals surface area contributed by atoms with Gasteiger partial charge in [-0.2, -0.15) is 0 Å². The van der Waals surface area contributed by atoms with Gasteiger partial charge in [0.1, 0.15) is 11.6 Å². The molecular formula is C11H13BrF2O. The zero-order chi connectivity index (χ0) is 11.8. The lowest BCUT2D eigenvalue weighted by Crippen LogP contribution is -2.26. The molecular weight excluding hydrogens is 266 g/mol. The van der Waals surface area contributed by atoms with Gasteiger partial charge in [0.2, 0.25) is 0 Å². The molecule has 0 aliphatic heterocycles. The van der Waals surface area contributed by atoms with Gasteiger partial charge >= 0.3 is 0 Å². The van der Waals surface area contributed by atoms with E-state index < -0.39 is 17.0 Å². The normalized spacial score (nSPS) is 11.9. The molecule has 0 aliphatic rings. The van der Waals surface area contributed by atoms with Crippen LogP contribution >= 0.6 is 15.9 Å². The Morgan fingerprint density at radius 2 is 1.87 bits per heavy atom. The third-order valence-corrected chi connectivity index (χ3v) is 2.99. The molecule has 0 unspecified atom stereocenters. The van der Waals surface area contributed by atoms with E-state index in [4.69, 9.17) is 5.11 Å². The fourth-order valence-electron chi connectivity index (χ4n) is 1.40. The predicted octanol–water partition coefficient (Wildman–Crippen LogP) is 3.31. The fraction of sp³-hybridized carbons (Fsp3) is 0.455. The maximum absolute atomic E-state index is 13.8. The van der Waals surface area contributed by atoms with Crippen LogP contribution in [0.25, 0.3) is 0 Å². The summed E-state index contributed by atoms with van der Waals surface area (Å²) >= 11 is 3.03. The minimum Gasteiger partial charge on any atom is -0.395 e. The number of benzene rings is 1. The summed E-state index contributed by atoms with van der Waals surface area (Å²) in [6, 6.07) is 1.39. The van der Waals surface area contributed by atoms with Crippen LogP contribution in [-0.2, 0) is 5.41 Å². The van der Waals surface area contributed by atoms with Crippen LogP contribution in [0, 0.1) is 18.6 Å². The van der Waals surface area contributed by atoms with Crippen LogP contribution in [0.15, 0.2) is 10.5 Å². The molecule has 0 fully saturated rings. The van der Waals surface area contributed by atoms with Crippen molar-refractivity contribution in [2.75, 3.05) is 6.61 Å². The molecule has 1 aromatic rings. The molecule has 0 saturated carbocycles. The van der Waals surface area contributed by atoms with Crippen LogP contribution in [0.2, 0.25) is 0 Å². The first-order valence-corrected chi connectivity index (χ1v) is 5.36. The van der Waals surface area contributed by atoms with Crippen molar-refractivity contribution in [3.63, 3.8) is 0 Å². The molecule has 1 N–H and O–H groups in total. The van der Waals surface area contributed by atoms with Gasteiger partial charge in [-0.05, 0) is 34.5 Å². The molecule has 0 aromatic heterocycles. The smallest absolute Gasteiger partial charge is 0.144 e. The first kappa shape index (κ1) is 12.6. The minimum absolute atomic E-state index is 0.0723. The van der Waals surface area contributed by atoms with Crippen molar-refractivity contribution in [3.8, 4) is 0 Å². The predicted molar refractivity (Wildman–Crippen MR) is 58.9 cm³/mol. The van der Waals surface area contributed by atoms with Crippen LogP contribution in [0.1, 0.15) is 25.0 Å². The van der Waals surface area contributed by atoms with Crippen molar-refractivity contribution in [1.29, 1.82) is 0 Å². The zero-order valence-corrected chi connectivity index (χ0v) is 10.5. The second kappa shape index (κ2) is 4.18. The molecule has 0 amide bonds. The number of hydrogen-bond donors (Lipinski definition) is 1. The van der Waals surface area contributed by atoms with Gasteiger partial charge < -0.3 is 5.11 Å². The lowest BCUT2D eigenvalue weighted by atomic mass is 9.84. The number of hydrogen-bond acceptors (Lipinski definition) is 1. The van der Waals surface area contributed by atoms with Gasteiger partial charge in [-0.25, -0.2) is 8.78 Å². The molecule has 0 aliphatic carbocycles. The second-order valence-electron chi connectivity index (χ2n) is 4.22. The zero-order valence-electron chi connectivity index (χ0n) is 8.87. The molecule has 1 nitrogen and oxygen atoms in total. The van der Waals surface area contributed by atoms with Crippen molar-refractivity contribution in [2.24, 2.45) is 0 Å². The molecule has 0 bridgehead atoms. The summed E-state index contributed by atoms with van der Waals surface area (Å²) in [6.45, 7) is 4.45. The molecule has 1 rings (SSSR count). The monoisotopic (exact) mass is 278 g/mol. The van der Waals surface area contributed by atoms with E-state index in [1.165, 1.54) is 6.07 Å². The fourth-order valence-corrected chi connectivity index (χ4v) is 1.94. The van der Waals surface area contributed by atoms with E-state index in [1.54, 1.807) is 20.8 Å². The van der Waals surface area contributed by atoms with Crippen molar-refractivity contribution in [1.82, 2.24) is 0 Å². The van der Waals surface area contributed by atoms with Gasteiger partial charge in [-0.15, -0.1) is 0 Å². The summed E-state index contributed by atoms with van der Waals surface area (Å²) in [5.74, 6) is -1.23. The highest BCUT2D eigenvalue weighted by molar-refractivity contribution is 9.10. The van der Waals surface area contributed by atoms with E-state index >= 15 is 0 Å². The molecule has 0 spiro atoms. The third-order valence-electron chi connectivity index (χ3n) is 2.41. The van der Waals surface area contributed by atoms with Crippen LogP contribution in [0.5, 0.6) is 0 Å². The Balaban J connectivity index is 3.53. The summed E-state index contributed by atoms with van der Waals surface area (Å²) < 4.78 is 27.7. The van der Waals surface area contributed by atoms with Crippen molar-refractivity contribution >= 4 is 15.9 Å². The highest BCUT2D eigenvalue weighted by atomic mass is 79.9. The average molecular weight is 279 g/mol. The van der Waals surface area contributed by atoms with E-state index in [2.05, 4.69) is 15.9 Å². The SMILES string of the molecule is Cc1cc(Br)c(F)c(C(C)(C)CO)c1F. The van der Waals surface area contributed by atoms with Gasteiger partial charge in [-0.3, -0.25) is 0 Å². The Morgan fingerprint density at radius 1 is 1.33 bits per heavy atom. The molecule has 0 saturated heterocycles. The van der Waals surface area contributed by atoms with E-state index in [0.29, 0.717) is 5.56 Å². The molecule has 0 radical (unpaired) electrons. The van der Waals surface area contributed by atoms with E-state index in [1.807, 2.05) is 0 Å². The van der Waals surface area contributed by atoms with Crippen LogP contribution < -0.4 is 0 Å². The first-order chi connectivity index (χ1) is 6.81. The van der Waals surface area contributed by atoms with Crippen LogP contribution in [0.4, 0.5) is 8.78 Å². The summed E-state index contributed by atoms with van der Waals surface area (Å²) in [7, 11) is 0. The van der Waals surface area contributed by atoms with E-state index in [-0.39, 0.29) is 16.6 Å². The Kier molecular flexibility index (Phi) is 3.51. The largest absolute Gasteiger partial charge is 0.395 e. The third kappa shape index (κ3) is 2.21. The van der Waals surface area contributed by atoms with Gasteiger partial charge in [0.15, 0.2) is 0 Å². The number of halogens is 3. The minimum atomic E-state index is -0.928. The Bertz CT molecular complexity index is 362. The van der Waals surface area contributed by atoms with Crippen molar-refractivity contribution in [3.05, 3.63) is 33.3 Å². The Labute approximate surface area is 96.2 Å². The summed E-state index contributed by atoms with van der Waals surface area (Å²) in [5, 5.41) is 9.13. The molecule has 0 heterocycles. The lowest BCUT2D eigenvalue weighted by Gasteiger charge is -2.24. The highest BCUT2D eigenvalue weighted by Gasteiger charge is 2.29. The van der Waals surface area contributed by atoms with Gasteiger partial charge in [0.25, 0.3) is 0 Å². The van der Waals surface area contributed by atoms with Crippen LogP contribution in [-0.4, -0.2) is 11.7 Å². The molecule has 0 atom stereocenters. The highest BCUT2D eigenvalue weighted by Crippen LogP contribution is 2.33. The quantitative estimate of drug-likeness (QED) is 0.823. The number of rotatable bonds is 2. The number of aliphatic hydroxyl groups is 1. The molecule has 4 heteroatoms. The maximum Gasteiger partial charge on any atom is 0.144 e. The standard InChI is InChI=1S/C11H13BrF2O/c1-6-4-7(12)10(14)8(9(6)13)11(2,3)5-15/h4,15H,5H2,1-3H3. The maximum atomic E-state index is 13.8. The lowest BCUT2D eigenvalue weighted by molar-refractivity contribution is 0.210. The van der Waals surface area contributed by atoms with Crippen LogP contribution in [0.3, 0.4) is 0 Å². The van der Waals surface area contributed by atoms with Crippen molar-refractivity contribution < 1.29 is 13.9 Å². The summed E-state index contributed by atoms with van der Waals surface area (Å²) in [5.41, 5.74) is -0.639. The van der Waals surface area contributed by atoms with Gasteiger partial charge in [0.05, 0.1) is 11.1 Å². The summed E-state index contributed by atoms with van der Waals surface area (Å²) in [6.07, 6.45) is 0. The Hall–Kier alpha value is -0.480. The second-order valence-corrected chi connectivity index (χ2v) is 5.07. The summed E-state index contributed by atoms with van der Waals surface area (Å²) in [4.78, 5) is 0. The van der Waals surface area contributed by atoms with Gasteiger partial charge in [0, 0.05) is 11.0 Å². The van der Waals surface area contributed by atoms with E-state index in [0.717, 1.165) is 0 Å². The number of aliphatic hydroxyl groups excluding tert-OH is 1. The van der Waals surface area contributed by atoms with Crippen molar-refractivity contribution in [2.45, 2.75) is 26.2 Å². The number of aryl methyl sites for hydroxylation is 1. The Morgan fingerprint density at radius 3 is 2.33 bits per heavy atom. The first-order valence-electron chi connectivity index (χ1n) is 4.56. The topological polar surface area (TPSA) is 20.2 Å². The molecule has 1 aromatic carbocycles. The van der Waals surface area contributed by atoms with E-state index in [9.17, 15) is 8.78 Å². The molecule has 15 heavy (non-hydrogen) atoms. The van der Waals surface area contributed by atoms with Gasteiger partial charge in [-0.1, -0.05) is 13.8 Å². The molecule has 84 valence electrons. The average Bonchev–Trinajstić information content (AvgIpc) is 2.15.